The molecule has 40 heavy (non-hydrogen) atoms. The second-order valence-corrected chi connectivity index (χ2v) is 11.8. The van der Waals surface area contributed by atoms with Gasteiger partial charge in [0.25, 0.3) is 0 Å². The Kier molecular flexibility index (Phi) is 11.4. The lowest BCUT2D eigenvalue weighted by Crippen LogP contribution is -2.06. The van der Waals surface area contributed by atoms with Gasteiger partial charge in [0, 0.05) is 35.6 Å². The summed E-state index contributed by atoms with van der Waals surface area (Å²) in [5.74, 6) is -0.233. The Morgan fingerprint density at radius 2 is 1.35 bits per heavy atom. The highest BCUT2D eigenvalue weighted by Crippen LogP contribution is 2.36. The highest BCUT2D eigenvalue weighted by Gasteiger charge is 2.17. The second-order valence-electron chi connectivity index (χ2n) is 11.8. The molecule has 216 valence electrons. The Labute approximate surface area is 241 Å². The van der Waals surface area contributed by atoms with Crippen LogP contribution in [0.3, 0.4) is 0 Å². The van der Waals surface area contributed by atoms with Crippen molar-refractivity contribution in [2.24, 2.45) is 7.05 Å². The number of hydrogen-bond donors (Lipinski definition) is 0. The number of ether oxygens (including phenoxy) is 1. The number of fused-ring (bicyclic) bond motifs is 4. The molecule has 0 bridgehead atoms. The van der Waals surface area contributed by atoms with Gasteiger partial charge in [-0.2, -0.15) is 0 Å². The minimum Gasteiger partial charge on any atom is -0.462 e. The SMILES string of the molecule is CCCCCCCCCCCCCCCCCOC(=O)c1ccc2nc3c(C)c4ccn(C)cc4c(C)c3c2c1. The van der Waals surface area contributed by atoms with Crippen LogP contribution in [0.4, 0.5) is 0 Å². The molecule has 4 nitrogen and oxygen atoms in total. The summed E-state index contributed by atoms with van der Waals surface area (Å²) in [4.78, 5) is 17.8. The van der Waals surface area contributed by atoms with Gasteiger partial charge in [-0.05, 0) is 61.0 Å². The van der Waals surface area contributed by atoms with Crippen LogP contribution in [0.15, 0.2) is 36.7 Å². The molecule has 0 atom stereocenters. The fourth-order valence-corrected chi connectivity index (χ4v) is 6.12. The van der Waals surface area contributed by atoms with Crippen LogP contribution in [0.25, 0.3) is 32.6 Å². The number of nitrogens with zero attached hydrogens (tertiary/aromatic N) is 2. The zero-order valence-corrected chi connectivity index (χ0v) is 25.5. The van der Waals surface area contributed by atoms with Gasteiger partial charge in [-0.1, -0.05) is 96.8 Å². The van der Waals surface area contributed by atoms with E-state index in [4.69, 9.17) is 9.72 Å². The van der Waals surface area contributed by atoms with Gasteiger partial charge >= 0.3 is 5.97 Å². The second kappa shape index (κ2) is 15.2. The first-order valence-corrected chi connectivity index (χ1v) is 16.0. The molecule has 0 unspecified atom stereocenters. The molecule has 4 heteroatoms. The van der Waals surface area contributed by atoms with Gasteiger partial charge in [0.05, 0.1) is 23.2 Å². The summed E-state index contributed by atoms with van der Waals surface area (Å²) < 4.78 is 7.74. The number of rotatable bonds is 17. The van der Waals surface area contributed by atoms with Gasteiger partial charge in [0.2, 0.25) is 0 Å². The summed E-state index contributed by atoms with van der Waals surface area (Å²) in [5, 5.41) is 4.63. The first kappa shape index (κ1) is 30.1. The Morgan fingerprint density at radius 3 is 1.98 bits per heavy atom. The molecule has 0 aliphatic heterocycles. The maximum atomic E-state index is 12.9. The standard InChI is InChI=1S/C36H50N2O2/c1-5-6-7-8-9-10-11-12-13-14-15-16-17-18-19-24-40-36(39)29-20-21-33-31(25-29)34-27(2)32-26-38(4)23-22-30(32)28(3)35(34)37-33/h20-23,25-26H,5-19,24H2,1-4H3. The lowest BCUT2D eigenvalue weighted by Gasteiger charge is -2.10. The van der Waals surface area contributed by atoms with E-state index in [0.717, 1.165) is 34.6 Å². The van der Waals surface area contributed by atoms with E-state index in [-0.39, 0.29) is 5.97 Å². The number of carbonyl (C=O) groups excluding carboxylic acids is 1. The van der Waals surface area contributed by atoms with E-state index in [0.29, 0.717) is 12.2 Å². The number of aryl methyl sites for hydroxylation is 3. The van der Waals surface area contributed by atoms with Crippen LogP contribution in [0, 0.1) is 13.8 Å². The van der Waals surface area contributed by atoms with E-state index in [2.05, 4.69) is 43.8 Å². The summed E-state index contributed by atoms with van der Waals surface area (Å²) in [7, 11) is 2.05. The van der Waals surface area contributed by atoms with Crippen molar-refractivity contribution in [2.75, 3.05) is 6.61 Å². The molecule has 4 aromatic rings. The molecule has 2 aromatic heterocycles. The zero-order chi connectivity index (χ0) is 28.3. The van der Waals surface area contributed by atoms with Crippen LogP contribution in [-0.4, -0.2) is 22.1 Å². The lowest BCUT2D eigenvalue weighted by atomic mass is 9.96. The van der Waals surface area contributed by atoms with Gasteiger partial charge in [-0.25, -0.2) is 9.78 Å². The molecule has 4 rings (SSSR count). The molecule has 0 aliphatic carbocycles. The molecule has 0 spiro atoms. The average molecular weight is 543 g/mol. The van der Waals surface area contributed by atoms with Gasteiger partial charge in [-0.15, -0.1) is 0 Å². The number of benzene rings is 2. The maximum Gasteiger partial charge on any atom is 0.338 e. The van der Waals surface area contributed by atoms with Gasteiger partial charge < -0.3 is 9.30 Å². The third-order valence-corrected chi connectivity index (χ3v) is 8.59. The van der Waals surface area contributed by atoms with Crippen LogP contribution in [0.5, 0.6) is 0 Å². The number of aromatic nitrogens is 2. The van der Waals surface area contributed by atoms with Crippen LogP contribution in [-0.2, 0) is 11.8 Å². The summed E-state index contributed by atoms with van der Waals surface area (Å²) in [5.41, 5.74) is 4.96. The van der Waals surface area contributed by atoms with Crippen LogP contribution >= 0.6 is 0 Å². The molecule has 0 fully saturated rings. The largest absolute Gasteiger partial charge is 0.462 e. The summed E-state index contributed by atoms with van der Waals surface area (Å²) in [6, 6.07) is 7.95. The molecular weight excluding hydrogens is 492 g/mol. The van der Waals surface area contributed by atoms with E-state index < -0.39 is 0 Å². The van der Waals surface area contributed by atoms with Gasteiger partial charge in [0.15, 0.2) is 0 Å². The number of unbranched alkanes of at least 4 members (excludes halogenated alkanes) is 14. The van der Waals surface area contributed by atoms with E-state index in [1.807, 2.05) is 25.2 Å². The quantitative estimate of drug-likeness (QED) is 0.0984. The Morgan fingerprint density at radius 1 is 0.750 bits per heavy atom. The van der Waals surface area contributed by atoms with E-state index in [1.54, 1.807) is 0 Å². The van der Waals surface area contributed by atoms with Crippen LogP contribution < -0.4 is 0 Å². The topological polar surface area (TPSA) is 44.1 Å². The number of hydrogen-bond acceptors (Lipinski definition) is 3. The van der Waals surface area contributed by atoms with Gasteiger partial charge in [0.1, 0.15) is 0 Å². The van der Waals surface area contributed by atoms with Crippen LogP contribution in [0.1, 0.15) is 125 Å². The van der Waals surface area contributed by atoms with Crippen molar-refractivity contribution in [3.05, 3.63) is 53.3 Å². The zero-order valence-electron chi connectivity index (χ0n) is 25.5. The molecule has 0 N–H and O–H groups in total. The van der Waals surface area contributed by atoms with Crippen molar-refractivity contribution in [2.45, 2.75) is 117 Å². The monoisotopic (exact) mass is 542 g/mol. The van der Waals surface area contributed by atoms with Crippen molar-refractivity contribution < 1.29 is 9.53 Å². The first-order valence-electron chi connectivity index (χ1n) is 16.0. The average Bonchev–Trinajstić information content (AvgIpc) is 3.35. The van der Waals surface area contributed by atoms with Crippen molar-refractivity contribution in [3.8, 4) is 0 Å². The number of esters is 1. The molecule has 2 aromatic carbocycles. The normalized spacial score (nSPS) is 11.7. The summed E-state index contributed by atoms with van der Waals surface area (Å²) in [6.07, 6.45) is 24.2. The molecule has 0 radical (unpaired) electrons. The molecule has 2 heterocycles. The molecule has 0 aliphatic rings. The van der Waals surface area contributed by atoms with Gasteiger partial charge in [-0.3, -0.25) is 0 Å². The van der Waals surface area contributed by atoms with Crippen LogP contribution in [0.2, 0.25) is 0 Å². The smallest absolute Gasteiger partial charge is 0.338 e. The fraction of sp³-hybridized carbons (Fsp3) is 0.556. The number of carbonyl (C=O) groups is 1. The molecule has 0 saturated heterocycles. The third-order valence-electron chi connectivity index (χ3n) is 8.59. The lowest BCUT2D eigenvalue weighted by molar-refractivity contribution is 0.0498. The van der Waals surface area contributed by atoms with Crippen molar-refractivity contribution in [1.82, 2.24) is 9.55 Å². The summed E-state index contributed by atoms with van der Waals surface area (Å²) in [6.45, 7) is 7.08. The van der Waals surface area contributed by atoms with Crippen molar-refractivity contribution in [1.29, 1.82) is 0 Å². The summed E-state index contributed by atoms with van der Waals surface area (Å²) >= 11 is 0. The Hall–Kier alpha value is -2.88. The Balaban J connectivity index is 1.18. The predicted octanol–water partition coefficient (Wildman–Crippen LogP) is 10.5. The molecule has 0 amide bonds. The third kappa shape index (κ3) is 7.65. The van der Waals surface area contributed by atoms with E-state index in [9.17, 15) is 4.79 Å². The first-order chi connectivity index (χ1) is 19.5. The predicted molar refractivity (Wildman–Crippen MR) is 170 cm³/mol. The van der Waals surface area contributed by atoms with Crippen molar-refractivity contribution >= 4 is 38.5 Å². The maximum absolute atomic E-state index is 12.9. The fourth-order valence-electron chi connectivity index (χ4n) is 6.12. The van der Waals surface area contributed by atoms with E-state index >= 15 is 0 Å². The minimum atomic E-state index is -0.233. The van der Waals surface area contributed by atoms with E-state index in [1.165, 1.54) is 105 Å². The van der Waals surface area contributed by atoms with Crippen molar-refractivity contribution in [3.63, 3.8) is 0 Å². The highest BCUT2D eigenvalue weighted by atomic mass is 16.5. The number of pyridine rings is 1. The molecule has 0 saturated carbocycles. The Bertz CT molecular complexity index is 1400. The molecular formula is C36H50N2O2. The minimum absolute atomic E-state index is 0.233. The highest BCUT2D eigenvalue weighted by molar-refractivity contribution is 6.17.